The number of rotatable bonds is 8. The number of pyridine rings is 2. The predicted octanol–water partition coefficient (Wildman–Crippen LogP) is 6.10. The molecule has 0 bridgehead atoms. The molecule has 1 aliphatic heterocycles. The maximum Gasteiger partial charge on any atom is 0.241 e. The van der Waals surface area contributed by atoms with E-state index < -0.39 is 6.17 Å². The van der Waals surface area contributed by atoms with Crippen molar-refractivity contribution in [1.29, 1.82) is 0 Å². The SMILES string of the molecule is COc1cncc(-c2ccc(C(C)(c3ccc(-c4noc(CN5CCC(F)CC5)n4)cn3)C(C)C)cc2)c1. The fourth-order valence-electron chi connectivity index (χ4n) is 4.99. The number of nitrogens with zero attached hydrogens (tertiary/aromatic N) is 5. The number of hydrogen-bond acceptors (Lipinski definition) is 7. The molecule has 4 heterocycles. The van der Waals surface area contributed by atoms with E-state index >= 15 is 0 Å². The molecule has 1 unspecified atom stereocenters. The summed E-state index contributed by atoms with van der Waals surface area (Å²) in [7, 11) is 1.65. The van der Waals surface area contributed by atoms with Gasteiger partial charge >= 0.3 is 0 Å². The van der Waals surface area contributed by atoms with E-state index in [1.54, 1.807) is 13.3 Å². The van der Waals surface area contributed by atoms with E-state index in [9.17, 15) is 4.39 Å². The lowest BCUT2D eigenvalue weighted by Gasteiger charge is -2.34. The minimum atomic E-state index is -0.700. The molecule has 0 amide bonds. The second kappa shape index (κ2) is 11.0. The van der Waals surface area contributed by atoms with E-state index in [0.29, 0.717) is 50.1 Å². The zero-order valence-electron chi connectivity index (χ0n) is 22.4. The fourth-order valence-corrected chi connectivity index (χ4v) is 4.99. The van der Waals surface area contributed by atoms with E-state index in [-0.39, 0.29) is 5.41 Å². The molecule has 1 atom stereocenters. The zero-order chi connectivity index (χ0) is 26.7. The zero-order valence-corrected chi connectivity index (χ0v) is 22.4. The molecule has 8 heteroatoms. The van der Waals surface area contributed by atoms with Crippen molar-refractivity contribution in [2.45, 2.75) is 51.7 Å². The van der Waals surface area contributed by atoms with E-state index in [4.69, 9.17) is 14.2 Å². The number of ether oxygens (including phenoxy) is 1. The summed E-state index contributed by atoms with van der Waals surface area (Å²) in [6.45, 7) is 8.62. The van der Waals surface area contributed by atoms with E-state index in [1.165, 1.54) is 5.56 Å². The Morgan fingerprint density at radius 3 is 2.42 bits per heavy atom. The van der Waals surface area contributed by atoms with Gasteiger partial charge in [0.2, 0.25) is 11.7 Å². The molecule has 5 rings (SSSR count). The molecule has 3 aromatic heterocycles. The monoisotopic (exact) mass is 515 g/mol. The summed E-state index contributed by atoms with van der Waals surface area (Å²) in [5, 5.41) is 4.16. The Bertz CT molecular complexity index is 1350. The lowest BCUT2D eigenvalue weighted by molar-refractivity contribution is 0.133. The first kappa shape index (κ1) is 26.0. The average Bonchev–Trinajstić information content (AvgIpc) is 3.42. The van der Waals surface area contributed by atoms with Crippen molar-refractivity contribution in [2.75, 3.05) is 20.2 Å². The lowest BCUT2D eigenvalue weighted by Crippen LogP contribution is -2.33. The second-order valence-electron chi connectivity index (χ2n) is 10.4. The number of likely N-dealkylation sites (tertiary alicyclic amines) is 1. The first-order valence-electron chi connectivity index (χ1n) is 13.1. The standard InChI is InChI=1S/C30H34FN5O2/c1-20(2)30(3,24-8-5-21(6-9-24)23-15-26(37-4)18-32-16-23)27-10-7-22(17-33-27)29-34-28(38-35-29)19-36-13-11-25(31)12-14-36/h5-10,15-18,20,25H,11-14,19H2,1-4H3. The lowest BCUT2D eigenvalue weighted by atomic mass is 9.70. The molecule has 4 aromatic rings. The maximum atomic E-state index is 13.4. The van der Waals surface area contributed by atoms with Gasteiger partial charge in [-0.25, -0.2) is 4.39 Å². The van der Waals surface area contributed by atoms with Gasteiger partial charge in [-0.2, -0.15) is 4.98 Å². The molecule has 0 N–H and O–H groups in total. The average molecular weight is 516 g/mol. The van der Waals surface area contributed by atoms with Crippen molar-refractivity contribution in [3.63, 3.8) is 0 Å². The third-order valence-electron chi connectivity index (χ3n) is 7.82. The van der Waals surface area contributed by atoms with Crippen LogP contribution in [-0.2, 0) is 12.0 Å². The topological polar surface area (TPSA) is 77.2 Å². The van der Waals surface area contributed by atoms with Crippen LogP contribution >= 0.6 is 0 Å². The van der Waals surface area contributed by atoms with Gasteiger partial charge in [0, 0.05) is 42.0 Å². The Labute approximate surface area is 223 Å². The third kappa shape index (κ3) is 5.31. The molecule has 0 spiro atoms. The van der Waals surface area contributed by atoms with Crippen molar-refractivity contribution in [1.82, 2.24) is 25.0 Å². The molecule has 0 aliphatic carbocycles. The molecule has 1 aromatic carbocycles. The van der Waals surface area contributed by atoms with Gasteiger partial charge in [0.15, 0.2) is 0 Å². The number of benzene rings is 1. The van der Waals surface area contributed by atoms with E-state index in [2.05, 4.69) is 71.1 Å². The smallest absolute Gasteiger partial charge is 0.241 e. The Morgan fingerprint density at radius 1 is 1.03 bits per heavy atom. The molecule has 0 radical (unpaired) electrons. The van der Waals surface area contributed by atoms with Gasteiger partial charge < -0.3 is 9.26 Å². The normalized spacial score (nSPS) is 16.5. The summed E-state index contributed by atoms with van der Waals surface area (Å²) in [5.41, 5.74) is 4.76. The maximum absolute atomic E-state index is 13.4. The first-order chi connectivity index (χ1) is 18.4. The van der Waals surface area contributed by atoms with Crippen LogP contribution in [0.3, 0.4) is 0 Å². The van der Waals surface area contributed by atoms with Crippen LogP contribution in [-0.4, -0.2) is 51.4 Å². The minimum Gasteiger partial charge on any atom is -0.495 e. The molecule has 38 heavy (non-hydrogen) atoms. The minimum absolute atomic E-state index is 0.297. The highest BCUT2D eigenvalue weighted by atomic mass is 19.1. The molecule has 198 valence electrons. The second-order valence-corrected chi connectivity index (χ2v) is 10.4. The molecule has 7 nitrogen and oxygen atoms in total. The summed E-state index contributed by atoms with van der Waals surface area (Å²) in [4.78, 5) is 15.9. The van der Waals surface area contributed by atoms with Gasteiger partial charge in [0.05, 0.1) is 25.5 Å². The van der Waals surface area contributed by atoms with E-state index in [0.717, 1.165) is 28.1 Å². The van der Waals surface area contributed by atoms with Crippen LogP contribution in [0.1, 0.15) is 50.8 Å². The summed E-state index contributed by atoms with van der Waals surface area (Å²) in [6.07, 6.45) is 5.78. The van der Waals surface area contributed by atoms with Gasteiger partial charge in [-0.1, -0.05) is 43.3 Å². The van der Waals surface area contributed by atoms with Gasteiger partial charge in [-0.15, -0.1) is 0 Å². The van der Waals surface area contributed by atoms with Crippen LogP contribution in [0.15, 0.2) is 65.6 Å². The van der Waals surface area contributed by atoms with Crippen molar-refractivity contribution in [3.05, 3.63) is 78.2 Å². The summed E-state index contributed by atoms with van der Waals surface area (Å²) in [5.74, 6) is 2.09. The summed E-state index contributed by atoms with van der Waals surface area (Å²) < 4.78 is 24.2. The van der Waals surface area contributed by atoms with E-state index in [1.807, 2.05) is 24.5 Å². The number of piperidine rings is 1. The van der Waals surface area contributed by atoms with Gasteiger partial charge in [-0.3, -0.25) is 14.9 Å². The van der Waals surface area contributed by atoms with Crippen LogP contribution in [0.5, 0.6) is 5.75 Å². The summed E-state index contributed by atoms with van der Waals surface area (Å²) >= 11 is 0. The van der Waals surface area contributed by atoms with Gasteiger partial charge in [0.25, 0.3) is 0 Å². The van der Waals surface area contributed by atoms with Crippen LogP contribution in [0.2, 0.25) is 0 Å². The number of hydrogen-bond donors (Lipinski definition) is 0. The third-order valence-corrected chi connectivity index (χ3v) is 7.82. The molecular formula is C30H34FN5O2. The van der Waals surface area contributed by atoms with Gasteiger partial charge in [-0.05, 0) is 55.0 Å². The van der Waals surface area contributed by atoms with Crippen molar-refractivity contribution >= 4 is 0 Å². The molecule has 1 fully saturated rings. The molecule has 1 saturated heterocycles. The molecule has 0 saturated carbocycles. The van der Waals surface area contributed by atoms with Crippen LogP contribution in [0.4, 0.5) is 4.39 Å². The van der Waals surface area contributed by atoms with Crippen molar-refractivity contribution in [3.8, 4) is 28.3 Å². The number of halogens is 1. The largest absolute Gasteiger partial charge is 0.495 e. The fraction of sp³-hybridized carbons (Fsp3) is 0.400. The van der Waals surface area contributed by atoms with Crippen LogP contribution in [0, 0.1) is 5.92 Å². The predicted molar refractivity (Wildman–Crippen MR) is 144 cm³/mol. The van der Waals surface area contributed by atoms with Crippen molar-refractivity contribution < 1.29 is 13.7 Å². The van der Waals surface area contributed by atoms with Crippen LogP contribution < -0.4 is 4.74 Å². The van der Waals surface area contributed by atoms with Crippen LogP contribution in [0.25, 0.3) is 22.5 Å². The number of alkyl halides is 1. The highest BCUT2D eigenvalue weighted by Crippen LogP contribution is 2.39. The Kier molecular flexibility index (Phi) is 7.51. The Morgan fingerprint density at radius 2 is 1.76 bits per heavy atom. The number of methoxy groups -OCH3 is 1. The highest BCUT2D eigenvalue weighted by molar-refractivity contribution is 5.64. The number of aromatic nitrogens is 4. The summed E-state index contributed by atoms with van der Waals surface area (Å²) in [6, 6.07) is 14.6. The highest BCUT2D eigenvalue weighted by Gasteiger charge is 2.34. The molecule has 1 aliphatic rings. The van der Waals surface area contributed by atoms with Crippen molar-refractivity contribution in [2.24, 2.45) is 5.92 Å². The molecular weight excluding hydrogens is 481 g/mol. The Balaban J connectivity index is 1.34. The quantitative estimate of drug-likeness (QED) is 0.281. The first-order valence-corrected chi connectivity index (χ1v) is 13.1. The van der Waals surface area contributed by atoms with Gasteiger partial charge in [0.1, 0.15) is 11.9 Å². The Hall–Kier alpha value is -3.65.